The predicted molar refractivity (Wildman–Crippen MR) is 86.0 cm³/mol. The van der Waals surface area contributed by atoms with Gasteiger partial charge in [0.05, 0.1) is 0 Å². The van der Waals surface area contributed by atoms with E-state index in [2.05, 4.69) is 26.2 Å². The van der Waals surface area contributed by atoms with Gasteiger partial charge in [0.2, 0.25) is 0 Å². The Hall–Kier alpha value is -1.66. The number of oxazole rings is 1. The fraction of sp³-hybridized carbons (Fsp3) is 0.200. The Balaban J connectivity index is 1.61. The molecular formula is C15H11BrN2O2S. The number of anilines is 1. The number of aromatic nitrogens is 1. The number of hydrogen-bond acceptors (Lipinski definition) is 4. The lowest BCUT2D eigenvalue weighted by Gasteiger charge is -2.03. The summed E-state index contributed by atoms with van der Waals surface area (Å²) in [6, 6.07) is 7.41. The van der Waals surface area contributed by atoms with Gasteiger partial charge in [0.1, 0.15) is 10.4 Å². The molecule has 0 spiro atoms. The number of nitrogens with one attached hydrogen (secondary N) is 1. The average Bonchev–Trinajstić information content (AvgIpc) is 3.09. The molecule has 1 amide bonds. The molecule has 1 fully saturated rings. The van der Waals surface area contributed by atoms with Crippen LogP contribution in [-0.2, 0) is 0 Å². The second-order valence-corrected chi connectivity index (χ2v) is 6.83. The van der Waals surface area contributed by atoms with Crippen molar-refractivity contribution in [2.45, 2.75) is 18.8 Å². The van der Waals surface area contributed by atoms with Gasteiger partial charge in [0.15, 0.2) is 11.5 Å². The second kappa shape index (κ2) is 4.96. The third-order valence-electron chi connectivity index (χ3n) is 3.41. The molecule has 1 aliphatic rings. The Morgan fingerprint density at radius 3 is 2.95 bits per heavy atom. The molecule has 1 aliphatic carbocycles. The number of halogens is 1. The van der Waals surface area contributed by atoms with Gasteiger partial charge in [0.25, 0.3) is 5.91 Å². The molecule has 3 aromatic rings. The maximum Gasteiger partial charge on any atom is 0.266 e. The Kier molecular flexibility index (Phi) is 3.08. The maximum absolute atomic E-state index is 12.2. The Bertz CT molecular complexity index is 835. The number of fused-ring (bicyclic) bond motifs is 1. The number of benzene rings is 1. The summed E-state index contributed by atoms with van der Waals surface area (Å²) in [6.45, 7) is 0. The van der Waals surface area contributed by atoms with Gasteiger partial charge in [-0.25, -0.2) is 4.98 Å². The van der Waals surface area contributed by atoms with Crippen molar-refractivity contribution in [2.75, 3.05) is 5.32 Å². The van der Waals surface area contributed by atoms with Gasteiger partial charge in [-0.2, -0.15) is 0 Å². The molecule has 1 saturated carbocycles. The fourth-order valence-electron chi connectivity index (χ4n) is 2.17. The van der Waals surface area contributed by atoms with Crippen molar-refractivity contribution in [1.82, 2.24) is 4.98 Å². The summed E-state index contributed by atoms with van der Waals surface area (Å²) in [5.41, 5.74) is 2.29. The largest absolute Gasteiger partial charge is 0.440 e. The first kappa shape index (κ1) is 13.0. The lowest BCUT2D eigenvalue weighted by atomic mass is 10.3. The number of thiophene rings is 1. The highest BCUT2D eigenvalue weighted by Crippen LogP contribution is 2.40. The van der Waals surface area contributed by atoms with Crippen molar-refractivity contribution in [3.8, 4) is 0 Å². The molecule has 4 nitrogen and oxygen atoms in total. The normalized spacial score (nSPS) is 14.5. The number of carbonyl (C=O) groups excluding carboxylic acids is 1. The van der Waals surface area contributed by atoms with E-state index in [4.69, 9.17) is 4.42 Å². The Morgan fingerprint density at radius 1 is 1.38 bits per heavy atom. The highest BCUT2D eigenvalue weighted by atomic mass is 79.9. The zero-order valence-corrected chi connectivity index (χ0v) is 13.3. The summed E-state index contributed by atoms with van der Waals surface area (Å²) in [5.74, 6) is 1.18. The minimum atomic E-state index is -0.123. The molecule has 0 aliphatic heterocycles. The number of hydrogen-bond donors (Lipinski definition) is 1. The van der Waals surface area contributed by atoms with Crippen molar-refractivity contribution < 1.29 is 9.21 Å². The second-order valence-electron chi connectivity index (χ2n) is 5.06. The summed E-state index contributed by atoms with van der Waals surface area (Å²) in [7, 11) is 0. The van der Waals surface area contributed by atoms with Crippen molar-refractivity contribution in [3.63, 3.8) is 0 Å². The standard InChI is InChI=1S/C15H11BrN2O2S/c16-10-5-6-21-13(10)14(19)17-9-3-4-12-11(7-9)18-15(20-12)8-1-2-8/h3-8H,1-2H2,(H,17,19). The van der Waals surface area contributed by atoms with Gasteiger partial charge >= 0.3 is 0 Å². The summed E-state index contributed by atoms with van der Waals surface area (Å²) < 4.78 is 6.52. The van der Waals surface area contributed by atoms with Crippen LogP contribution in [0.2, 0.25) is 0 Å². The van der Waals surface area contributed by atoms with Crippen LogP contribution in [0.15, 0.2) is 38.5 Å². The van der Waals surface area contributed by atoms with Crippen LogP contribution in [0.4, 0.5) is 5.69 Å². The summed E-state index contributed by atoms with van der Waals surface area (Å²) in [5, 5.41) is 4.77. The van der Waals surface area contributed by atoms with Crippen LogP contribution in [-0.4, -0.2) is 10.9 Å². The van der Waals surface area contributed by atoms with Crippen molar-refractivity contribution >= 4 is 50.0 Å². The Morgan fingerprint density at radius 2 is 2.24 bits per heavy atom. The smallest absolute Gasteiger partial charge is 0.266 e. The zero-order chi connectivity index (χ0) is 14.4. The van der Waals surface area contributed by atoms with Crippen LogP contribution in [0.1, 0.15) is 34.3 Å². The minimum absolute atomic E-state index is 0.123. The summed E-state index contributed by atoms with van der Waals surface area (Å²) in [4.78, 5) is 17.3. The number of amides is 1. The van der Waals surface area contributed by atoms with Gasteiger partial charge in [-0.3, -0.25) is 4.79 Å². The first-order chi connectivity index (χ1) is 10.2. The van der Waals surface area contributed by atoms with Crippen LogP contribution in [0.25, 0.3) is 11.1 Å². The lowest BCUT2D eigenvalue weighted by Crippen LogP contribution is -2.10. The van der Waals surface area contributed by atoms with E-state index in [1.807, 2.05) is 29.6 Å². The molecule has 21 heavy (non-hydrogen) atoms. The average molecular weight is 363 g/mol. The number of carbonyl (C=O) groups is 1. The molecule has 0 atom stereocenters. The molecule has 0 radical (unpaired) electrons. The molecule has 0 saturated heterocycles. The lowest BCUT2D eigenvalue weighted by molar-refractivity contribution is 0.103. The van der Waals surface area contributed by atoms with Gasteiger partial charge in [-0.05, 0) is 58.4 Å². The van der Waals surface area contributed by atoms with E-state index >= 15 is 0 Å². The van der Waals surface area contributed by atoms with E-state index in [-0.39, 0.29) is 5.91 Å². The fourth-order valence-corrected chi connectivity index (χ4v) is 3.62. The highest BCUT2D eigenvalue weighted by molar-refractivity contribution is 9.10. The molecule has 4 rings (SSSR count). The predicted octanol–water partition coefficient (Wildman–Crippen LogP) is 4.78. The van der Waals surface area contributed by atoms with E-state index in [0.29, 0.717) is 10.8 Å². The van der Waals surface area contributed by atoms with Gasteiger partial charge in [-0.15, -0.1) is 11.3 Å². The third-order valence-corrected chi connectivity index (χ3v) is 5.25. The first-order valence-electron chi connectivity index (χ1n) is 6.65. The van der Waals surface area contributed by atoms with Gasteiger partial charge in [0, 0.05) is 16.1 Å². The third kappa shape index (κ3) is 2.49. The van der Waals surface area contributed by atoms with Crippen LogP contribution in [0, 0.1) is 0 Å². The minimum Gasteiger partial charge on any atom is -0.440 e. The van der Waals surface area contributed by atoms with E-state index < -0.39 is 0 Å². The monoisotopic (exact) mass is 362 g/mol. The van der Waals surface area contributed by atoms with Crippen molar-refractivity contribution in [1.29, 1.82) is 0 Å². The topological polar surface area (TPSA) is 55.1 Å². The van der Waals surface area contributed by atoms with Crippen LogP contribution in [0.5, 0.6) is 0 Å². The molecule has 106 valence electrons. The molecule has 0 unspecified atom stereocenters. The van der Waals surface area contributed by atoms with Crippen molar-refractivity contribution in [3.05, 3.63) is 44.9 Å². The highest BCUT2D eigenvalue weighted by Gasteiger charge is 2.28. The molecule has 0 bridgehead atoms. The first-order valence-corrected chi connectivity index (χ1v) is 8.33. The van der Waals surface area contributed by atoms with E-state index in [1.54, 1.807) is 0 Å². The quantitative estimate of drug-likeness (QED) is 0.729. The summed E-state index contributed by atoms with van der Waals surface area (Å²) in [6.07, 6.45) is 2.31. The molecule has 1 N–H and O–H groups in total. The van der Waals surface area contributed by atoms with E-state index in [9.17, 15) is 4.79 Å². The molecule has 2 aromatic heterocycles. The van der Waals surface area contributed by atoms with E-state index in [1.165, 1.54) is 11.3 Å². The van der Waals surface area contributed by atoms with Crippen LogP contribution in [0.3, 0.4) is 0 Å². The number of rotatable bonds is 3. The molecule has 1 aromatic carbocycles. The van der Waals surface area contributed by atoms with Gasteiger partial charge < -0.3 is 9.73 Å². The molecular weight excluding hydrogens is 352 g/mol. The zero-order valence-electron chi connectivity index (χ0n) is 10.9. The van der Waals surface area contributed by atoms with Crippen LogP contribution < -0.4 is 5.32 Å². The van der Waals surface area contributed by atoms with Crippen LogP contribution >= 0.6 is 27.3 Å². The summed E-state index contributed by atoms with van der Waals surface area (Å²) >= 11 is 4.77. The van der Waals surface area contributed by atoms with Crippen molar-refractivity contribution in [2.24, 2.45) is 0 Å². The number of nitrogens with zero attached hydrogens (tertiary/aromatic N) is 1. The Labute approximate surface area is 133 Å². The molecule has 6 heteroatoms. The van der Waals surface area contributed by atoms with Gasteiger partial charge in [-0.1, -0.05) is 0 Å². The SMILES string of the molecule is O=C(Nc1ccc2oc(C3CC3)nc2c1)c1sccc1Br. The maximum atomic E-state index is 12.2. The van der Waals surface area contributed by atoms with E-state index in [0.717, 1.165) is 40.0 Å². The molecule has 2 heterocycles.